The van der Waals surface area contributed by atoms with Gasteiger partial charge in [-0.15, -0.1) is 0 Å². The molecule has 2 rings (SSSR count). The fraction of sp³-hybridized carbons (Fsp3) is 0.533. The minimum Gasteiger partial charge on any atom is -0.497 e. The number of morpholine rings is 1. The number of nitrogens with zero attached hydrogens (tertiary/aromatic N) is 1. The number of amides is 1. The standard InChI is InChI=1S/C15H21NO5/c1-19-12-4-3-11(14(8-12)20-2)7-15(18)16-5-6-21-13(9-16)10-17/h3-4,8,13,17H,5-7,9-10H2,1-2H3. The predicted molar refractivity (Wildman–Crippen MR) is 76.7 cm³/mol. The molecule has 0 bridgehead atoms. The molecule has 1 amide bonds. The summed E-state index contributed by atoms with van der Waals surface area (Å²) in [6.45, 7) is 1.36. The van der Waals surface area contributed by atoms with Crippen molar-refractivity contribution in [3.63, 3.8) is 0 Å². The van der Waals surface area contributed by atoms with E-state index in [9.17, 15) is 4.79 Å². The quantitative estimate of drug-likeness (QED) is 0.855. The Kier molecular flexibility index (Phi) is 5.41. The monoisotopic (exact) mass is 295 g/mol. The molecule has 1 heterocycles. The van der Waals surface area contributed by atoms with Crippen molar-refractivity contribution < 1.29 is 24.1 Å². The average Bonchev–Trinajstić information content (AvgIpc) is 2.55. The topological polar surface area (TPSA) is 68.2 Å². The highest BCUT2D eigenvalue weighted by atomic mass is 16.5. The van der Waals surface area contributed by atoms with Crippen molar-refractivity contribution in [1.82, 2.24) is 4.90 Å². The summed E-state index contributed by atoms with van der Waals surface area (Å²) < 4.78 is 15.8. The summed E-state index contributed by atoms with van der Waals surface area (Å²) in [5.41, 5.74) is 0.815. The van der Waals surface area contributed by atoms with Gasteiger partial charge in [0.1, 0.15) is 11.5 Å². The summed E-state index contributed by atoms with van der Waals surface area (Å²) in [5.74, 6) is 1.32. The van der Waals surface area contributed by atoms with Crippen molar-refractivity contribution in [3.05, 3.63) is 23.8 Å². The van der Waals surface area contributed by atoms with Crippen LogP contribution < -0.4 is 9.47 Å². The Morgan fingerprint density at radius 2 is 2.24 bits per heavy atom. The van der Waals surface area contributed by atoms with Crippen molar-refractivity contribution in [2.24, 2.45) is 0 Å². The van der Waals surface area contributed by atoms with Gasteiger partial charge in [0.05, 0.1) is 40.0 Å². The van der Waals surface area contributed by atoms with Crippen molar-refractivity contribution in [2.45, 2.75) is 12.5 Å². The molecule has 6 nitrogen and oxygen atoms in total. The summed E-state index contributed by atoms with van der Waals surface area (Å²) in [6, 6.07) is 5.40. The maximum Gasteiger partial charge on any atom is 0.227 e. The fourth-order valence-corrected chi connectivity index (χ4v) is 2.33. The van der Waals surface area contributed by atoms with Crippen LogP contribution >= 0.6 is 0 Å². The van der Waals surface area contributed by atoms with Gasteiger partial charge in [0.25, 0.3) is 0 Å². The molecule has 0 aromatic heterocycles. The van der Waals surface area contributed by atoms with Crippen molar-refractivity contribution in [2.75, 3.05) is 40.5 Å². The Bertz CT molecular complexity index is 491. The Morgan fingerprint density at radius 1 is 1.43 bits per heavy atom. The summed E-state index contributed by atoms with van der Waals surface area (Å²) >= 11 is 0. The van der Waals surface area contributed by atoms with Gasteiger partial charge in [0, 0.05) is 24.7 Å². The minimum atomic E-state index is -0.291. The van der Waals surface area contributed by atoms with Crippen LogP contribution in [0, 0.1) is 0 Å². The number of aliphatic hydroxyl groups is 1. The zero-order valence-electron chi connectivity index (χ0n) is 12.4. The van der Waals surface area contributed by atoms with E-state index in [0.717, 1.165) is 5.56 Å². The zero-order chi connectivity index (χ0) is 15.2. The van der Waals surface area contributed by atoms with Crippen LogP contribution in [0.5, 0.6) is 11.5 Å². The molecule has 0 saturated carbocycles. The summed E-state index contributed by atoms with van der Waals surface area (Å²) in [5, 5.41) is 9.12. The molecule has 1 aliphatic rings. The first-order valence-electron chi connectivity index (χ1n) is 6.89. The lowest BCUT2D eigenvalue weighted by Gasteiger charge is -2.32. The van der Waals surface area contributed by atoms with Gasteiger partial charge < -0.3 is 24.2 Å². The lowest BCUT2D eigenvalue weighted by atomic mass is 10.1. The smallest absolute Gasteiger partial charge is 0.227 e. The van der Waals surface area contributed by atoms with Crippen LogP contribution in [0.3, 0.4) is 0 Å². The highest BCUT2D eigenvalue weighted by molar-refractivity contribution is 5.79. The largest absolute Gasteiger partial charge is 0.497 e. The number of carbonyl (C=O) groups excluding carboxylic acids is 1. The average molecular weight is 295 g/mol. The molecule has 6 heteroatoms. The number of carbonyl (C=O) groups is 1. The molecule has 1 atom stereocenters. The number of rotatable bonds is 5. The molecular weight excluding hydrogens is 274 g/mol. The van der Waals surface area contributed by atoms with E-state index < -0.39 is 0 Å². The molecule has 0 aliphatic carbocycles. The second-order valence-corrected chi connectivity index (χ2v) is 4.87. The van der Waals surface area contributed by atoms with E-state index in [4.69, 9.17) is 19.3 Å². The molecular formula is C15H21NO5. The van der Waals surface area contributed by atoms with Gasteiger partial charge in [-0.1, -0.05) is 6.07 Å². The summed E-state index contributed by atoms with van der Waals surface area (Å²) in [4.78, 5) is 14.1. The van der Waals surface area contributed by atoms with E-state index >= 15 is 0 Å². The predicted octanol–water partition coefficient (Wildman–Crippen LogP) is 0.466. The lowest BCUT2D eigenvalue weighted by Crippen LogP contribution is -2.47. The first-order valence-corrected chi connectivity index (χ1v) is 6.89. The van der Waals surface area contributed by atoms with Crippen LogP contribution in [0.15, 0.2) is 18.2 Å². The first kappa shape index (κ1) is 15.6. The number of aliphatic hydroxyl groups excluding tert-OH is 1. The van der Waals surface area contributed by atoms with E-state index in [1.165, 1.54) is 0 Å². The fourth-order valence-electron chi connectivity index (χ4n) is 2.33. The van der Waals surface area contributed by atoms with Gasteiger partial charge in [0.15, 0.2) is 0 Å². The molecule has 1 unspecified atom stereocenters. The Hall–Kier alpha value is -1.79. The third kappa shape index (κ3) is 3.86. The normalized spacial score (nSPS) is 18.4. The molecule has 1 saturated heterocycles. The van der Waals surface area contributed by atoms with Crippen molar-refractivity contribution in [3.8, 4) is 11.5 Å². The molecule has 1 aliphatic heterocycles. The van der Waals surface area contributed by atoms with Crippen LogP contribution in [0.2, 0.25) is 0 Å². The van der Waals surface area contributed by atoms with Gasteiger partial charge >= 0.3 is 0 Å². The number of hydrogen-bond donors (Lipinski definition) is 1. The number of ether oxygens (including phenoxy) is 3. The van der Waals surface area contributed by atoms with Gasteiger partial charge in [-0.3, -0.25) is 4.79 Å². The molecule has 0 spiro atoms. The second-order valence-electron chi connectivity index (χ2n) is 4.87. The Balaban J connectivity index is 2.05. The zero-order valence-corrected chi connectivity index (χ0v) is 12.4. The van der Waals surface area contributed by atoms with Crippen LogP contribution in [0.1, 0.15) is 5.56 Å². The third-order valence-corrected chi connectivity index (χ3v) is 3.53. The van der Waals surface area contributed by atoms with Crippen LogP contribution in [-0.2, 0) is 16.0 Å². The molecule has 21 heavy (non-hydrogen) atoms. The maximum atomic E-state index is 12.4. The number of benzene rings is 1. The second kappa shape index (κ2) is 7.28. The maximum absolute atomic E-state index is 12.4. The third-order valence-electron chi connectivity index (χ3n) is 3.53. The SMILES string of the molecule is COc1ccc(CC(=O)N2CCOC(CO)C2)c(OC)c1. The first-order chi connectivity index (χ1) is 10.2. The Morgan fingerprint density at radius 3 is 2.90 bits per heavy atom. The molecule has 1 aromatic rings. The highest BCUT2D eigenvalue weighted by Gasteiger charge is 2.24. The summed E-state index contributed by atoms with van der Waals surface area (Å²) in [7, 11) is 3.15. The van der Waals surface area contributed by atoms with Crippen LogP contribution in [0.4, 0.5) is 0 Å². The van der Waals surface area contributed by atoms with E-state index in [2.05, 4.69) is 0 Å². The van der Waals surface area contributed by atoms with Gasteiger partial charge in [-0.05, 0) is 6.07 Å². The van der Waals surface area contributed by atoms with Crippen molar-refractivity contribution >= 4 is 5.91 Å². The Labute approximate surface area is 124 Å². The van der Waals surface area contributed by atoms with E-state index in [1.807, 2.05) is 6.07 Å². The minimum absolute atomic E-state index is 0.000201. The van der Waals surface area contributed by atoms with Gasteiger partial charge in [0.2, 0.25) is 5.91 Å². The molecule has 1 aromatic carbocycles. The lowest BCUT2D eigenvalue weighted by molar-refractivity contribution is -0.139. The number of methoxy groups -OCH3 is 2. The van der Waals surface area contributed by atoms with E-state index in [0.29, 0.717) is 31.2 Å². The van der Waals surface area contributed by atoms with Gasteiger partial charge in [-0.2, -0.15) is 0 Å². The molecule has 1 fully saturated rings. The molecule has 1 N–H and O–H groups in total. The van der Waals surface area contributed by atoms with Crippen LogP contribution in [0.25, 0.3) is 0 Å². The molecule has 0 radical (unpaired) electrons. The van der Waals surface area contributed by atoms with Crippen LogP contribution in [-0.4, -0.2) is 62.5 Å². The number of hydrogen-bond acceptors (Lipinski definition) is 5. The highest BCUT2D eigenvalue weighted by Crippen LogP contribution is 2.25. The van der Waals surface area contributed by atoms with Gasteiger partial charge in [-0.25, -0.2) is 0 Å². The molecule has 116 valence electrons. The van der Waals surface area contributed by atoms with Crippen molar-refractivity contribution in [1.29, 1.82) is 0 Å². The summed E-state index contributed by atoms with van der Waals surface area (Å²) in [6.07, 6.45) is -0.0360. The van der Waals surface area contributed by atoms with E-state index in [-0.39, 0.29) is 25.0 Å². The van der Waals surface area contributed by atoms with E-state index in [1.54, 1.807) is 31.3 Å².